The van der Waals surface area contributed by atoms with Crippen molar-refractivity contribution < 1.29 is 33.3 Å². The lowest BCUT2D eigenvalue weighted by molar-refractivity contribution is 0.0693. The van der Waals surface area contributed by atoms with Crippen molar-refractivity contribution in [3.05, 3.63) is 70.9 Å². The molecule has 4 aromatic rings. The number of nitrogens with zero attached hydrogens (tertiary/aromatic N) is 2. The van der Waals surface area contributed by atoms with Crippen molar-refractivity contribution in [1.29, 1.82) is 5.26 Å². The number of halogens is 2. The van der Waals surface area contributed by atoms with Crippen LogP contribution >= 0.6 is 0 Å². The number of carbonyl (C=O) groups is 1. The van der Waals surface area contributed by atoms with Gasteiger partial charge in [-0.2, -0.15) is 5.26 Å². The minimum absolute atomic E-state index is 0.0266. The summed E-state index contributed by atoms with van der Waals surface area (Å²) in [5, 5.41) is 30.8. The van der Waals surface area contributed by atoms with Crippen molar-refractivity contribution in [2.24, 2.45) is 0 Å². The van der Waals surface area contributed by atoms with Crippen LogP contribution in [-0.2, 0) is 5.41 Å². The molecule has 0 unspecified atom stereocenters. The van der Waals surface area contributed by atoms with E-state index in [1.807, 2.05) is 13.8 Å². The van der Waals surface area contributed by atoms with Crippen LogP contribution in [-0.4, -0.2) is 35.0 Å². The molecule has 0 saturated carbocycles. The lowest BCUT2D eigenvalue weighted by atomic mass is 9.81. The van der Waals surface area contributed by atoms with Gasteiger partial charge in [0.1, 0.15) is 22.9 Å². The fraction of sp³-hybridized carbons (Fsp3) is 0.241. The number of phenolic OH excluding ortho intramolecular Hbond substituents is 1. The first-order valence-electron chi connectivity index (χ1n) is 11.7. The number of phenols is 1. The number of ether oxygens (including phenoxy) is 2. The lowest BCUT2D eigenvalue weighted by Gasteiger charge is -2.27. The molecule has 4 rings (SSSR count). The normalized spacial score (nSPS) is 11.4. The number of hydrogen-bond acceptors (Lipinski definition) is 5. The van der Waals surface area contributed by atoms with Gasteiger partial charge < -0.3 is 24.3 Å². The summed E-state index contributed by atoms with van der Waals surface area (Å²) in [5.74, 6) is -2.77. The zero-order chi connectivity index (χ0) is 27.9. The molecule has 7 nitrogen and oxygen atoms in total. The van der Waals surface area contributed by atoms with E-state index in [0.717, 1.165) is 6.07 Å². The Bertz CT molecular complexity index is 1630. The Morgan fingerprint density at radius 1 is 1.11 bits per heavy atom. The molecule has 0 aliphatic heterocycles. The van der Waals surface area contributed by atoms with E-state index in [1.54, 1.807) is 17.6 Å². The number of benzene rings is 3. The van der Waals surface area contributed by atoms with Gasteiger partial charge in [0.25, 0.3) is 0 Å². The van der Waals surface area contributed by atoms with E-state index in [0.29, 0.717) is 28.1 Å². The van der Waals surface area contributed by atoms with Gasteiger partial charge in [0, 0.05) is 40.9 Å². The Kier molecular flexibility index (Phi) is 6.77. The molecule has 0 aliphatic carbocycles. The Balaban J connectivity index is 2.28. The first-order valence-corrected chi connectivity index (χ1v) is 11.7. The largest absolute Gasteiger partial charge is 0.507 e. The van der Waals surface area contributed by atoms with Gasteiger partial charge in [-0.1, -0.05) is 13.8 Å². The molecule has 38 heavy (non-hydrogen) atoms. The van der Waals surface area contributed by atoms with E-state index in [9.17, 15) is 29.1 Å². The third kappa shape index (κ3) is 4.28. The van der Waals surface area contributed by atoms with Crippen LogP contribution in [0.5, 0.6) is 17.2 Å². The maximum atomic E-state index is 14.7. The Hall–Kier alpha value is -4.58. The molecule has 0 amide bonds. The number of methoxy groups -OCH3 is 2. The minimum atomic E-state index is -1.22. The average molecular weight is 521 g/mol. The molecular formula is C29H26F2N2O5. The van der Waals surface area contributed by atoms with Crippen LogP contribution in [0, 0.1) is 29.9 Å². The van der Waals surface area contributed by atoms with Crippen molar-refractivity contribution >= 4 is 16.9 Å². The van der Waals surface area contributed by atoms with Crippen LogP contribution in [0.15, 0.2) is 42.5 Å². The molecular weight excluding hydrogens is 494 g/mol. The van der Waals surface area contributed by atoms with E-state index >= 15 is 0 Å². The van der Waals surface area contributed by atoms with Gasteiger partial charge in [0.2, 0.25) is 0 Å². The fourth-order valence-corrected chi connectivity index (χ4v) is 4.97. The highest BCUT2D eigenvalue weighted by Crippen LogP contribution is 2.48. The van der Waals surface area contributed by atoms with Crippen molar-refractivity contribution in [2.45, 2.75) is 32.6 Å². The molecule has 2 N–H and O–H groups in total. The number of hydrogen-bond donors (Lipinski definition) is 2. The number of carboxylic acid groups (broad SMARTS) is 1. The first-order chi connectivity index (χ1) is 17.9. The zero-order valence-corrected chi connectivity index (χ0v) is 21.5. The van der Waals surface area contributed by atoms with Crippen LogP contribution in [0.25, 0.3) is 27.7 Å². The van der Waals surface area contributed by atoms with Crippen molar-refractivity contribution in [1.82, 2.24) is 4.57 Å². The summed E-state index contributed by atoms with van der Waals surface area (Å²) in [7, 11) is 2.69. The Morgan fingerprint density at radius 3 is 2.42 bits per heavy atom. The number of fused-ring (bicyclic) bond motifs is 1. The highest BCUT2D eigenvalue weighted by molar-refractivity contribution is 6.05. The summed E-state index contributed by atoms with van der Waals surface area (Å²) in [6, 6.07) is 11.6. The molecule has 0 fully saturated rings. The molecule has 1 heterocycles. The van der Waals surface area contributed by atoms with Gasteiger partial charge in [-0.05, 0) is 48.4 Å². The Morgan fingerprint density at radius 2 is 1.82 bits per heavy atom. The van der Waals surface area contributed by atoms with Crippen LogP contribution in [0.1, 0.15) is 41.9 Å². The van der Waals surface area contributed by atoms with Crippen LogP contribution in [0.3, 0.4) is 0 Å². The summed E-state index contributed by atoms with van der Waals surface area (Å²) >= 11 is 0. The molecule has 1 aromatic heterocycles. The predicted molar refractivity (Wildman–Crippen MR) is 138 cm³/mol. The van der Waals surface area contributed by atoms with Gasteiger partial charge in [0.05, 0.1) is 31.2 Å². The zero-order valence-electron chi connectivity index (χ0n) is 21.5. The number of aromatic carboxylic acids is 1. The van der Waals surface area contributed by atoms with Crippen molar-refractivity contribution in [3.63, 3.8) is 0 Å². The van der Waals surface area contributed by atoms with Crippen LogP contribution < -0.4 is 9.47 Å². The quantitative estimate of drug-likeness (QED) is 0.288. The molecule has 0 atom stereocenters. The van der Waals surface area contributed by atoms with Gasteiger partial charge in [-0.15, -0.1) is 0 Å². The number of aromatic nitrogens is 1. The number of carboxylic acids is 1. The molecule has 0 aliphatic rings. The molecule has 0 spiro atoms. The molecule has 196 valence electrons. The molecule has 0 bridgehead atoms. The average Bonchev–Trinajstić information content (AvgIpc) is 3.20. The lowest BCUT2D eigenvalue weighted by Crippen LogP contribution is -2.22. The van der Waals surface area contributed by atoms with Crippen molar-refractivity contribution in [3.8, 4) is 40.1 Å². The number of aromatic hydroxyl groups is 1. The molecule has 3 aromatic carbocycles. The molecule has 0 saturated heterocycles. The van der Waals surface area contributed by atoms with E-state index in [4.69, 9.17) is 9.47 Å². The number of rotatable bonds is 7. The maximum Gasteiger partial charge on any atom is 0.339 e. The van der Waals surface area contributed by atoms with Gasteiger partial charge in [0.15, 0.2) is 11.6 Å². The molecule has 9 heteroatoms. The van der Waals surface area contributed by atoms with E-state index in [-0.39, 0.29) is 40.1 Å². The Labute approximate surface area is 218 Å². The summed E-state index contributed by atoms with van der Waals surface area (Å²) < 4.78 is 41.2. The topological polar surface area (TPSA) is 105 Å². The second kappa shape index (κ2) is 9.71. The SMILES string of the molecule is COc1cc(-n2c(C(C)(C)CC#N)c(-c3cc(C)c(OC)c(C(=O)O)c3)c3c(O)cc(F)cc32)ccc1F. The monoisotopic (exact) mass is 520 g/mol. The van der Waals surface area contributed by atoms with Gasteiger partial charge in [-0.25, -0.2) is 13.6 Å². The second-order valence-corrected chi connectivity index (χ2v) is 9.59. The number of aryl methyl sites for hydroxylation is 1. The summed E-state index contributed by atoms with van der Waals surface area (Å²) in [6.07, 6.45) is 0.0266. The van der Waals surface area contributed by atoms with Crippen molar-refractivity contribution in [2.75, 3.05) is 14.2 Å². The fourth-order valence-electron chi connectivity index (χ4n) is 4.97. The second-order valence-electron chi connectivity index (χ2n) is 9.59. The van der Waals surface area contributed by atoms with E-state index in [2.05, 4.69) is 6.07 Å². The maximum absolute atomic E-state index is 14.7. The minimum Gasteiger partial charge on any atom is -0.507 e. The smallest absolute Gasteiger partial charge is 0.339 e. The van der Waals surface area contributed by atoms with Crippen LogP contribution in [0.4, 0.5) is 8.78 Å². The van der Waals surface area contributed by atoms with E-state index < -0.39 is 23.0 Å². The first kappa shape index (κ1) is 26.5. The summed E-state index contributed by atoms with van der Waals surface area (Å²) in [6.45, 7) is 5.32. The highest BCUT2D eigenvalue weighted by Gasteiger charge is 2.34. The van der Waals surface area contributed by atoms with E-state index in [1.165, 1.54) is 44.6 Å². The standard InChI is InChI=1S/C29H26F2N2O5/c1-15-10-16(11-19(28(35)36)26(15)38-5)24-25-21(12-17(30)13-22(25)34)33(27(24)29(2,3)8-9-32)18-6-7-20(31)23(14-18)37-4/h6-7,10-14,34H,8H2,1-5H3,(H,35,36). The molecule has 0 radical (unpaired) electrons. The van der Waals surface area contributed by atoms with Gasteiger partial charge in [-0.3, -0.25) is 0 Å². The van der Waals surface area contributed by atoms with Crippen LogP contribution in [0.2, 0.25) is 0 Å². The third-order valence-corrected chi connectivity index (χ3v) is 6.57. The highest BCUT2D eigenvalue weighted by atomic mass is 19.1. The van der Waals surface area contributed by atoms with Gasteiger partial charge >= 0.3 is 5.97 Å². The summed E-state index contributed by atoms with van der Waals surface area (Å²) in [5.41, 5.74) is 1.49. The third-order valence-electron chi connectivity index (χ3n) is 6.57. The predicted octanol–water partition coefficient (Wildman–Crippen LogP) is 6.50. The number of nitriles is 1. The summed E-state index contributed by atoms with van der Waals surface area (Å²) in [4.78, 5) is 12.1.